The van der Waals surface area contributed by atoms with Crippen molar-refractivity contribution in [1.29, 1.82) is 0 Å². The fraction of sp³-hybridized carbons (Fsp3) is 0.333. The maximum Gasteiger partial charge on any atom is 2.00 e. The molecule has 1 atom stereocenters. The Morgan fingerprint density at radius 1 is 0.815 bits per heavy atom. The molecule has 0 radical (unpaired) electrons. The molecule has 2 aromatic carbocycles. The van der Waals surface area contributed by atoms with E-state index in [-0.39, 0.29) is 17.1 Å². The first kappa shape index (κ1) is 22.2. The molecule has 2 saturated carbocycles. The Morgan fingerprint density at radius 2 is 1.37 bits per heavy atom. The van der Waals surface area contributed by atoms with Crippen molar-refractivity contribution in [1.82, 2.24) is 0 Å². The molecule has 0 heterocycles. The Kier molecular flexibility index (Phi) is 9.63. The van der Waals surface area contributed by atoms with Gasteiger partial charge in [0.15, 0.2) is 7.14 Å². The SMILES string of the molecule is O=P(/C=C/C1[CH-]CCC1)(c1ccccc1)c1ccccc1.[CH-]1CCCC1.[Fe+2]. The van der Waals surface area contributed by atoms with Crippen LogP contribution >= 0.6 is 7.14 Å². The molecule has 0 amide bonds. The van der Waals surface area contributed by atoms with Crippen molar-refractivity contribution in [2.24, 2.45) is 5.92 Å². The second-order valence-corrected chi connectivity index (χ2v) is 9.72. The first-order chi connectivity index (χ1) is 12.8. The molecule has 0 N–H and O–H groups in total. The molecule has 0 aliphatic heterocycles. The summed E-state index contributed by atoms with van der Waals surface area (Å²) in [6.45, 7) is 0. The van der Waals surface area contributed by atoms with E-state index in [1.54, 1.807) is 0 Å². The van der Waals surface area contributed by atoms with Crippen LogP contribution in [0.2, 0.25) is 0 Å². The standard InChI is InChI=1S/C19H20OP.C5H9.Fe/c20-21(18-11-3-1-4-12-18,19-13-5-2-6-14-19)16-15-17-9-7-8-10-17;1-2-4-5-3-1;/h1-6,9,11-17H,7-8,10H2;1H,2-5H2;/q2*-1;+2/b16-15+;;. The average molecular weight is 420 g/mol. The van der Waals surface area contributed by atoms with E-state index in [0.717, 1.165) is 10.6 Å². The predicted octanol–water partition coefficient (Wildman–Crippen LogP) is 6.28. The Bertz CT molecular complexity index is 665. The van der Waals surface area contributed by atoms with Gasteiger partial charge in [-0.25, -0.2) is 0 Å². The van der Waals surface area contributed by atoms with E-state index in [2.05, 4.69) is 18.9 Å². The van der Waals surface area contributed by atoms with Crippen molar-refractivity contribution in [2.45, 2.75) is 44.9 Å². The number of hydrogen-bond acceptors (Lipinski definition) is 1. The summed E-state index contributed by atoms with van der Waals surface area (Å²) in [5, 5.41) is 1.82. The molecule has 0 spiro atoms. The molecule has 0 saturated heterocycles. The van der Waals surface area contributed by atoms with Gasteiger partial charge in [-0.15, -0.1) is 12.0 Å². The monoisotopic (exact) mass is 420 g/mol. The van der Waals surface area contributed by atoms with E-state index in [1.165, 1.54) is 44.9 Å². The van der Waals surface area contributed by atoms with E-state index >= 15 is 0 Å². The Hall–Kier alpha value is -1.07. The number of benzene rings is 2. The van der Waals surface area contributed by atoms with Crippen LogP contribution in [0.5, 0.6) is 0 Å². The topological polar surface area (TPSA) is 17.1 Å². The molecule has 2 aromatic rings. The average Bonchev–Trinajstić information content (AvgIpc) is 3.44. The molecule has 3 heteroatoms. The van der Waals surface area contributed by atoms with Crippen LogP contribution in [0.4, 0.5) is 0 Å². The third-order valence-electron chi connectivity index (χ3n) is 5.10. The smallest absolute Gasteiger partial charge is 0.328 e. The summed E-state index contributed by atoms with van der Waals surface area (Å²) in [4.78, 5) is 0. The number of rotatable bonds is 4. The summed E-state index contributed by atoms with van der Waals surface area (Å²) in [6, 6.07) is 19.6. The summed E-state index contributed by atoms with van der Waals surface area (Å²) >= 11 is 0. The normalized spacial score (nSPS) is 19.3. The third-order valence-corrected chi connectivity index (χ3v) is 7.82. The van der Waals surface area contributed by atoms with Crippen molar-refractivity contribution < 1.29 is 21.6 Å². The summed E-state index contributed by atoms with van der Waals surface area (Å²) in [7, 11) is -2.68. The van der Waals surface area contributed by atoms with Crippen LogP contribution in [-0.2, 0) is 21.6 Å². The van der Waals surface area contributed by atoms with Gasteiger partial charge in [-0.1, -0.05) is 86.3 Å². The zero-order chi connectivity index (χ0) is 18.1. The molecule has 0 bridgehead atoms. The fourth-order valence-electron chi connectivity index (χ4n) is 3.55. The maximum atomic E-state index is 13.7. The minimum Gasteiger partial charge on any atom is -0.328 e. The summed E-state index contributed by atoms with van der Waals surface area (Å²) in [5.41, 5.74) is 0. The first-order valence-electron chi connectivity index (χ1n) is 9.84. The molecular weight excluding hydrogens is 391 g/mol. The van der Waals surface area contributed by atoms with Gasteiger partial charge in [-0.2, -0.15) is 19.3 Å². The van der Waals surface area contributed by atoms with Crippen molar-refractivity contribution in [3.8, 4) is 0 Å². The molecule has 4 rings (SSSR count). The third kappa shape index (κ3) is 6.49. The van der Waals surface area contributed by atoms with Gasteiger partial charge in [-0.05, 0) is 5.82 Å². The maximum absolute atomic E-state index is 13.7. The summed E-state index contributed by atoms with van der Waals surface area (Å²) in [5.74, 6) is 2.44. The molecular formula is C24H29FeOP. The van der Waals surface area contributed by atoms with Crippen molar-refractivity contribution in [2.75, 3.05) is 0 Å². The fourth-order valence-corrected chi connectivity index (χ4v) is 5.89. The second-order valence-electron chi connectivity index (χ2n) is 7.07. The molecule has 144 valence electrons. The molecule has 0 aromatic heterocycles. The van der Waals surface area contributed by atoms with E-state index in [0.29, 0.717) is 5.92 Å². The predicted molar refractivity (Wildman–Crippen MR) is 113 cm³/mol. The second kappa shape index (κ2) is 11.7. The van der Waals surface area contributed by atoms with Gasteiger partial charge < -0.3 is 17.4 Å². The van der Waals surface area contributed by atoms with Crippen molar-refractivity contribution >= 4 is 17.8 Å². The van der Waals surface area contributed by atoms with Crippen LogP contribution in [0.15, 0.2) is 72.6 Å². The van der Waals surface area contributed by atoms with E-state index < -0.39 is 7.14 Å². The van der Waals surface area contributed by atoms with Crippen LogP contribution in [0, 0.1) is 18.8 Å². The van der Waals surface area contributed by atoms with Crippen molar-refractivity contribution in [3.05, 3.63) is 85.4 Å². The zero-order valence-corrected chi connectivity index (χ0v) is 17.8. The van der Waals surface area contributed by atoms with E-state index in [9.17, 15) is 4.57 Å². The van der Waals surface area contributed by atoms with Crippen LogP contribution in [0.3, 0.4) is 0 Å². The largest absolute Gasteiger partial charge is 2.00 e. The van der Waals surface area contributed by atoms with Gasteiger partial charge in [0.2, 0.25) is 0 Å². The van der Waals surface area contributed by atoms with E-state index in [4.69, 9.17) is 0 Å². The first-order valence-corrected chi connectivity index (χ1v) is 11.6. The zero-order valence-electron chi connectivity index (χ0n) is 15.8. The van der Waals surface area contributed by atoms with Gasteiger partial charge >= 0.3 is 17.1 Å². The summed E-state index contributed by atoms with van der Waals surface area (Å²) < 4.78 is 13.7. The quantitative estimate of drug-likeness (QED) is 0.323. The van der Waals surface area contributed by atoms with Crippen LogP contribution in [0.25, 0.3) is 0 Å². The minimum absolute atomic E-state index is 0. The molecule has 1 nitrogen and oxygen atoms in total. The van der Waals surface area contributed by atoms with Crippen LogP contribution < -0.4 is 10.6 Å². The van der Waals surface area contributed by atoms with Crippen LogP contribution in [-0.4, -0.2) is 0 Å². The Morgan fingerprint density at radius 3 is 1.78 bits per heavy atom. The summed E-state index contributed by atoms with van der Waals surface area (Å²) in [6.07, 6.45) is 16.1. The van der Waals surface area contributed by atoms with Gasteiger partial charge in [0.05, 0.1) is 0 Å². The van der Waals surface area contributed by atoms with Gasteiger partial charge in [0.1, 0.15) is 0 Å². The Balaban J connectivity index is 0.000000379. The molecule has 2 aliphatic rings. The van der Waals surface area contributed by atoms with E-state index in [1.807, 2.05) is 66.5 Å². The van der Waals surface area contributed by atoms with Crippen LogP contribution in [0.1, 0.15) is 44.9 Å². The minimum atomic E-state index is -2.68. The van der Waals surface area contributed by atoms with Gasteiger partial charge in [0.25, 0.3) is 0 Å². The Labute approximate surface area is 175 Å². The van der Waals surface area contributed by atoms with Gasteiger partial charge in [-0.3, -0.25) is 0 Å². The van der Waals surface area contributed by atoms with Gasteiger partial charge in [0, 0.05) is 10.6 Å². The molecule has 27 heavy (non-hydrogen) atoms. The number of allylic oxidation sites excluding steroid dienone is 1. The van der Waals surface area contributed by atoms with Crippen molar-refractivity contribution in [3.63, 3.8) is 0 Å². The molecule has 1 unspecified atom stereocenters. The molecule has 2 aliphatic carbocycles. The molecule has 2 fully saturated rings. The number of hydrogen-bond donors (Lipinski definition) is 0.